The molecule has 4 rings (SSSR count). The van der Waals surface area contributed by atoms with Gasteiger partial charge < -0.3 is 23.7 Å². The summed E-state index contributed by atoms with van der Waals surface area (Å²) in [6, 6.07) is 17.6. The first-order chi connectivity index (χ1) is 19.7. The number of nitrogens with zero attached hydrogens (tertiary/aromatic N) is 3. The van der Waals surface area contributed by atoms with E-state index in [0.29, 0.717) is 6.61 Å². The van der Waals surface area contributed by atoms with E-state index >= 15 is 0 Å². The Hall–Kier alpha value is -3.27. The van der Waals surface area contributed by atoms with Crippen molar-refractivity contribution in [2.75, 3.05) is 6.61 Å². The second-order valence-electron chi connectivity index (χ2n) is 11.0. The fourth-order valence-corrected chi connectivity index (χ4v) is 5.71. The van der Waals surface area contributed by atoms with Gasteiger partial charge in [0.05, 0.1) is 43.2 Å². The van der Waals surface area contributed by atoms with Crippen LogP contribution in [0.3, 0.4) is 0 Å². The lowest BCUT2D eigenvalue weighted by Crippen LogP contribution is -2.57. The van der Waals surface area contributed by atoms with Crippen LogP contribution < -0.4 is 0 Å². The Balaban J connectivity index is 1.45. The van der Waals surface area contributed by atoms with Crippen LogP contribution in [-0.4, -0.2) is 61.2 Å². The van der Waals surface area contributed by atoms with Gasteiger partial charge >= 0.3 is 5.97 Å². The molecule has 2 aliphatic heterocycles. The number of rotatable bonds is 10. The van der Waals surface area contributed by atoms with Crippen molar-refractivity contribution in [2.24, 2.45) is 22.9 Å². The molecular formula is C31H39N3O7. The third-order valence-corrected chi connectivity index (χ3v) is 8.29. The second-order valence-corrected chi connectivity index (χ2v) is 11.0. The number of ether oxygens (including phenoxy) is 5. The van der Waals surface area contributed by atoms with Gasteiger partial charge in [0.1, 0.15) is 6.61 Å². The zero-order valence-electron chi connectivity index (χ0n) is 24.2. The molecular weight excluding hydrogens is 526 g/mol. The first kappa shape index (κ1) is 30.7. The molecule has 2 heterocycles. The molecule has 10 nitrogen and oxygen atoms in total. The van der Waals surface area contributed by atoms with Crippen molar-refractivity contribution >= 4 is 11.8 Å². The summed E-state index contributed by atoms with van der Waals surface area (Å²) in [6.07, 6.45) is -2.58. The zero-order valence-corrected chi connectivity index (χ0v) is 24.2. The number of hydrogen-bond acceptors (Lipinski definition) is 8. The largest absolute Gasteiger partial charge is 0.457 e. The van der Waals surface area contributed by atoms with Crippen molar-refractivity contribution in [3.63, 3.8) is 0 Å². The highest BCUT2D eigenvalue weighted by Crippen LogP contribution is 2.38. The predicted molar refractivity (Wildman–Crippen MR) is 151 cm³/mol. The summed E-state index contributed by atoms with van der Waals surface area (Å²) in [7, 11) is 0. The highest BCUT2D eigenvalue weighted by molar-refractivity contribution is 6.40. The summed E-state index contributed by atoms with van der Waals surface area (Å²) in [6.45, 7) is 10.2. The lowest BCUT2D eigenvalue weighted by molar-refractivity contribution is -0.297. The molecule has 0 radical (unpaired) electrons. The number of ketones is 1. The normalized spacial score (nSPS) is 33.4. The fraction of sp³-hybridized carbons (Fsp3) is 0.548. The lowest BCUT2D eigenvalue weighted by atomic mass is 9.82. The van der Waals surface area contributed by atoms with Gasteiger partial charge in [0.25, 0.3) is 5.78 Å². The van der Waals surface area contributed by atoms with E-state index in [-0.39, 0.29) is 48.2 Å². The summed E-state index contributed by atoms with van der Waals surface area (Å²) in [4.78, 5) is 28.0. The molecule has 10 atom stereocenters. The topological polar surface area (TPSA) is 129 Å². The SMILES string of the molecule is CC1OC(C)[C@@H](O[C@@H]2OC(COC(=O)C(=O)c3ccccc3)[C@@H](C)[C@H](C)C2N=[N+]=[N-])[C@H](C)[C@@H]1OCc1ccccc1. The molecule has 2 fully saturated rings. The Morgan fingerprint density at radius 2 is 1.49 bits per heavy atom. The Morgan fingerprint density at radius 1 is 0.854 bits per heavy atom. The molecule has 0 bridgehead atoms. The van der Waals surface area contributed by atoms with Gasteiger partial charge in [0.2, 0.25) is 0 Å². The molecule has 41 heavy (non-hydrogen) atoms. The van der Waals surface area contributed by atoms with E-state index in [9.17, 15) is 15.1 Å². The average Bonchev–Trinajstić information content (AvgIpc) is 2.98. The first-order valence-electron chi connectivity index (χ1n) is 14.1. The molecule has 0 aliphatic carbocycles. The van der Waals surface area contributed by atoms with Crippen molar-refractivity contribution in [3.8, 4) is 0 Å². The summed E-state index contributed by atoms with van der Waals surface area (Å²) in [5, 5.41) is 4.02. The van der Waals surface area contributed by atoms with Gasteiger partial charge in [0.15, 0.2) is 6.29 Å². The maximum absolute atomic E-state index is 12.5. The minimum Gasteiger partial charge on any atom is -0.457 e. The van der Waals surface area contributed by atoms with Gasteiger partial charge in [-0.25, -0.2) is 4.79 Å². The Morgan fingerprint density at radius 3 is 2.15 bits per heavy atom. The molecule has 0 spiro atoms. The van der Waals surface area contributed by atoms with E-state index < -0.39 is 36.3 Å². The molecule has 0 saturated carbocycles. The third kappa shape index (κ3) is 7.33. The smallest absolute Gasteiger partial charge is 0.379 e. The van der Waals surface area contributed by atoms with Crippen molar-refractivity contribution in [1.29, 1.82) is 0 Å². The number of Topliss-reactive ketones (excluding diaryl/α,β-unsaturated/α-hetero) is 1. The van der Waals surface area contributed by atoms with Gasteiger partial charge in [-0.3, -0.25) is 4.79 Å². The number of carbonyl (C=O) groups is 2. The minimum atomic E-state index is -0.954. The van der Waals surface area contributed by atoms with Crippen molar-refractivity contribution < 1.29 is 33.3 Å². The van der Waals surface area contributed by atoms with Crippen LogP contribution in [0.5, 0.6) is 0 Å². The Kier molecular flexibility index (Phi) is 10.5. The van der Waals surface area contributed by atoms with Crippen LogP contribution in [0.1, 0.15) is 50.5 Å². The number of benzene rings is 2. The number of azide groups is 1. The summed E-state index contributed by atoms with van der Waals surface area (Å²) < 4.78 is 30.7. The van der Waals surface area contributed by atoms with E-state index in [1.54, 1.807) is 30.3 Å². The molecule has 2 aliphatic rings. The standard InChI is InChI=1S/C31H39N3O7/c1-18-19(2)26(33-34-32)31(40-25(18)17-38-30(36)27(35)24-14-10-7-11-15-24)41-29-20(3)28(21(4)39-22(29)5)37-16-23-12-8-6-9-13-23/h6-15,18-22,25-26,28-29,31H,16-17H2,1-5H3/t18-,19-,20+,21?,22?,25?,26?,28-,29-,31-/m0/s1. The van der Waals surface area contributed by atoms with Gasteiger partial charge in [-0.2, -0.15) is 0 Å². The van der Waals surface area contributed by atoms with E-state index in [1.165, 1.54) is 0 Å². The molecule has 4 unspecified atom stereocenters. The Bertz CT molecular complexity index is 1210. The molecule has 2 saturated heterocycles. The molecule has 220 valence electrons. The van der Waals surface area contributed by atoms with Crippen LogP contribution in [0.2, 0.25) is 0 Å². The molecule has 2 aromatic rings. The lowest BCUT2D eigenvalue weighted by Gasteiger charge is -2.48. The predicted octanol–water partition coefficient (Wildman–Crippen LogP) is 5.50. The number of carbonyl (C=O) groups excluding carboxylic acids is 2. The fourth-order valence-electron chi connectivity index (χ4n) is 5.71. The van der Waals surface area contributed by atoms with E-state index in [2.05, 4.69) is 16.9 Å². The second kappa shape index (κ2) is 14.1. The van der Waals surface area contributed by atoms with Crippen LogP contribution in [-0.2, 0) is 35.1 Å². The zero-order chi connectivity index (χ0) is 29.5. The van der Waals surface area contributed by atoms with Gasteiger partial charge in [-0.1, -0.05) is 86.5 Å². The van der Waals surface area contributed by atoms with Crippen LogP contribution in [0, 0.1) is 17.8 Å². The number of hydrogen-bond donors (Lipinski definition) is 0. The summed E-state index contributed by atoms with van der Waals surface area (Å²) >= 11 is 0. The van der Waals surface area contributed by atoms with Crippen LogP contribution in [0.25, 0.3) is 10.4 Å². The maximum atomic E-state index is 12.5. The number of esters is 1. The van der Waals surface area contributed by atoms with Crippen molar-refractivity contribution in [3.05, 3.63) is 82.2 Å². The maximum Gasteiger partial charge on any atom is 0.379 e. The Labute approximate surface area is 240 Å². The highest BCUT2D eigenvalue weighted by Gasteiger charge is 2.47. The highest BCUT2D eigenvalue weighted by atomic mass is 16.7. The van der Waals surface area contributed by atoms with E-state index in [4.69, 9.17) is 23.7 Å². The monoisotopic (exact) mass is 565 g/mol. The minimum absolute atomic E-state index is 0.0674. The van der Waals surface area contributed by atoms with Gasteiger partial charge in [-0.05, 0) is 36.8 Å². The molecule has 0 N–H and O–H groups in total. The van der Waals surface area contributed by atoms with Crippen LogP contribution in [0.15, 0.2) is 65.8 Å². The van der Waals surface area contributed by atoms with Crippen molar-refractivity contribution in [2.45, 2.75) is 84.1 Å². The quantitative estimate of drug-likeness (QED) is 0.0928. The van der Waals surface area contributed by atoms with E-state index in [0.717, 1.165) is 5.56 Å². The summed E-state index contributed by atoms with van der Waals surface area (Å²) in [5.41, 5.74) is 10.6. The third-order valence-electron chi connectivity index (χ3n) is 8.29. The molecule has 10 heteroatoms. The molecule has 0 amide bonds. The van der Waals surface area contributed by atoms with Crippen LogP contribution in [0.4, 0.5) is 0 Å². The van der Waals surface area contributed by atoms with Gasteiger partial charge in [0, 0.05) is 16.4 Å². The van der Waals surface area contributed by atoms with E-state index in [1.807, 2.05) is 58.0 Å². The summed E-state index contributed by atoms with van der Waals surface area (Å²) in [5.74, 6) is -2.05. The molecule has 0 aromatic heterocycles. The average molecular weight is 566 g/mol. The molecule has 2 aromatic carbocycles. The van der Waals surface area contributed by atoms with Crippen molar-refractivity contribution in [1.82, 2.24) is 0 Å². The van der Waals surface area contributed by atoms with Crippen LogP contribution >= 0.6 is 0 Å². The van der Waals surface area contributed by atoms with Gasteiger partial charge in [-0.15, -0.1) is 0 Å². The first-order valence-corrected chi connectivity index (χ1v) is 14.1.